The zero-order valence-electron chi connectivity index (χ0n) is 43.9. The van der Waals surface area contributed by atoms with E-state index in [0.717, 1.165) is 33.4 Å². The zero-order valence-corrected chi connectivity index (χ0v) is 45.7. The molecule has 16 heteroatoms. The maximum absolute atomic E-state index is 13.7. The normalized spacial score (nSPS) is 12.8. The number of rotatable bonds is 24. The van der Waals surface area contributed by atoms with Gasteiger partial charge in [0, 0.05) is 24.2 Å². The SMILES string of the molecule is CC(C)C[C@H](N[P+](=O)CCc1ccccc1)C(=O)N(c1ccc(-c2ccccc2)cc1)[C@@H](C)C(=O)[O-].CC(C)C[C@H](N[P+](=O)CCc1ccccc1)C(=O)N(c1ccc(-c2ccccc2)cc1)[C@@H](C)C(=O)[O-].[Li+].[Li+]. The first-order valence-corrected chi connectivity index (χ1v) is 27.3. The zero-order chi connectivity index (χ0) is 52.2. The molecule has 6 aromatic rings. The fourth-order valence-electron chi connectivity index (χ4n) is 8.11. The standard InChI is InChI=1S/2C29H33N2O4P.2Li/c2*1-21(2)20-27(30-36(35)19-18-23-10-6-4-7-11-23)28(32)31(22(3)29(33)34)26-16-14-25(15-17-26)24-12-8-5-9-13-24;;/h2*4-17,21-22,27H,18-20H2,1-3H3,(H-,30,33,34,35);;/q;;2*+1/t2*22-,27-;;/m00../s1. The van der Waals surface area contributed by atoms with Gasteiger partial charge in [-0.15, -0.1) is 0 Å². The van der Waals surface area contributed by atoms with Crippen molar-refractivity contribution >= 4 is 51.0 Å². The summed E-state index contributed by atoms with van der Waals surface area (Å²) < 4.78 is 25.8. The molecule has 12 nitrogen and oxygen atoms in total. The average Bonchev–Trinajstić information content (AvgIpc) is 3.38. The van der Waals surface area contributed by atoms with E-state index in [-0.39, 0.29) is 49.6 Å². The van der Waals surface area contributed by atoms with Gasteiger partial charge in [0.2, 0.25) is 11.8 Å². The molecular formula is C58H66Li2N4O8P2+2. The summed E-state index contributed by atoms with van der Waals surface area (Å²) >= 11 is 0. The second-order valence-corrected chi connectivity index (χ2v) is 21.5. The molecule has 0 saturated carbocycles. The molecule has 0 aliphatic carbocycles. The third-order valence-electron chi connectivity index (χ3n) is 11.9. The second-order valence-electron chi connectivity index (χ2n) is 18.5. The quantitative estimate of drug-likeness (QED) is 0.0673. The van der Waals surface area contributed by atoms with Gasteiger partial charge in [-0.3, -0.25) is 9.59 Å². The average molecular weight is 1020 g/mol. The minimum Gasteiger partial charge on any atom is -0.548 e. The Bertz CT molecular complexity index is 2500. The predicted octanol–water partition coefficient (Wildman–Crippen LogP) is 3.64. The molecule has 6 atom stereocenters. The fourth-order valence-corrected chi connectivity index (χ4v) is 10.4. The Labute approximate surface area is 463 Å². The summed E-state index contributed by atoms with van der Waals surface area (Å²) in [7, 11) is -3.76. The summed E-state index contributed by atoms with van der Waals surface area (Å²) in [4.78, 5) is 53.6. The number of aryl methyl sites for hydroxylation is 2. The molecule has 0 heterocycles. The maximum Gasteiger partial charge on any atom is 1.00 e. The number of hydrogen-bond acceptors (Lipinski definition) is 8. The van der Waals surface area contributed by atoms with Gasteiger partial charge in [0.05, 0.1) is 24.0 Å². The van der Waals surface area contributed by atoms with E-state index in [4.69, 9.17) is 0 Å². The van der Waals surface area contributed by atoms with Gasteiger partial charge in [0.15, 0.2) is 12.3 Å². The maximum atomic E-state index is 13.7. The predicted molar refractivity (Wildman–Crippen MR) is 286 cm³/mol. The van der Waals surface area contributed by atoms with Crippen LogP contribution < -0.4 is 67.9 Å². The molecule has 0 bridgehead atoms. The number of nitrogens with one attached hydrogen (secondary N) is 2. The van der Waals surface area contributed by atoms with Crippen molar-refractivity contribution in [1.29, 1.82) is 0 Å². The number of anilines is 2. The summed E-state index contributed by atoms with van der Waals surface area (Å²) in [5.74, 6) is -3.32. The van der Waals surface area contributed by atoms with Crippen molar-refractivity contribution in [2.45, 2.75) is 91.4 Å². The Hall–Kier alpha value is -5.49. The van der Waals surface area contributed by atoms with E-state index in [1.165, 1.54) is 23.6 Å². The molecule has 376 valence electrons. The molecule has 0 aliphatic heterocycles. The van der Waals surface area contributed by atoms with Crippen LogP contribution in [0.3, 0.4) is 0 Å². The number of carbonyl (C=O) groups is 4. The van der Waals surface area contributed by atoms with Crippen molar-refractivity contribution in [2.75, 3.05) is 22.1 Å². The van der Waals surface area contributed by atoms with Gasteiger partial charge in [-0.2, -0.15) is 0 Å². The third kappa shape index (κ3) is 19.7. The molecule has 2 unspecified atom stereocenters. The van der Waals surface area contributed by atoms with Crippen molar-refractivity contribution < 1.29 is 76.2 Å². The second kappa shape index (κ2) is 32.1. The van der Waals surface area contributed by atoms with Gasteiger partial charge in [-0.05, 0) is 96.2 Å². The van der Waals surface area contributed by atoms with Crippen molar-refractivity contribution in [3.05, 3.63) is 181 Å². The van der Waals surface area contributed by atoms with Crippen LogP contribution in [0.2, 0.25) is 0 Å². The molecule has 0 saturated heterocycles. The van der Waals surface area contributed by atoms with Crippen LogP contribution >= 0.6 is 15.9 Å². The Morgan fingerprint density at radius 2 is 0.703 bits per heavy atom. The van der Waals surface area contributed by atoms with Gasteiger partial charge in [-0.1, -0.05) is 193 Å². The van der Waals surface area contributed by atoms with Crippen LogP contribution in [0.25, 0.3) is 22.3 Å². The van der Waals surface area contributed by atoms with Crippen molar-refractivity contribution in [3.63, 3.8) is 0 Å². The molecule has 0 aromatic heterocycles. The molecular weight excluding hydrogens is 956 g/mol. The number of benzene rings is 6. The van der Waals surface area contributed by atoms with E-state index in [9.17, 15) is 38.5 Å². The fraction of sp³-hybridized carbons (Fsp3) is 0.310. The minimum atomic E-state index is -1.88. The summed E-state index contributed by atoms with van der Waals surface area (Å²) in [6.45, 7) is 10.8. The third-order valence-corrected chi connectivity index (χ3v) is 14.4. The number of carbonyl (C=O) groups excluding carboxylic acids is 4. The van der Waals surface area contributed by atoms with E-state index in [1.54, 1.807) is 24.3 Å². The van der Waals surface area contributed by atoms with Crippen molar-refractivity contribution in [3.8, 4) is 22.3 Å². The summed E-state index contributed by atoms with van der Waals surface area (Å²) in [6, 6.07) is 49.5. The Balaban J connectivity index is 0.000000380. The number of carboxylic acid groups (broad SMARTS) is 2. The van der Waals surface area contributed by atoms with E-state index in [2.05, 4.69) is 10.2 Å². The summed E-state index contributed by atoms with van der Waals surface area (Å²) in [5.41, 5.74) is 6.98. The van der Waals surface area contributed by atoms with Gasteiger partial charge in [0.25, 0.3) is 0 Å². The van der Waals surface area contributed by atoms with Gasteiger partial charge in [-0.25, -0.2) is 0 Å². The van der Waals surface area contributed by atoms with Crippen molar-refractivity contribution in [1.82, 2.24) is 10.2 Å². The summed E-state index contributed by atoms with van der Waals surface area (Å²) in [6.07, 6.45) is 2.83. The Morgan fingerprint density at radius 1 is 0.432 bits per heavy atom. The number of carboxylic acids is 2. The van der Waals surface area contributed by atoms with Crippen molar-refractivity contribution in [2.24, 2.45) is 11.8 Å². The van der Waals surface area contributed by atoms with E-state index < -0.39 is 63.8 Å². The van der Waals surface area contributed by atoms with E-state index >= 15 is 0 Å². The molecule has 0 fully saturated rings. The number of nitrogens with zero attached hydrogens (tertiary/aromatic N) is 2. The number of aliphatic carboxylic acids is 2. The van der Waals surface area contributed by atoms with Gasteiger partial charge >= 0.3 is 53.6 Å². The minimum absolute atomic E-state index is 0. The van der Waals surface area contributed by atoms with Crippen LogP contribution in [0.1, 0.15) is 65.5 Å². The first-order chi connectivity index (χ1) is 34.5. The first kappa shape index (κ1) is 62.8. The van der Waals surface area contributed by atoms with Crippen LogP contribution in [0.4, 0.5) is 11.4 Å². The van der Waals surface area contributed by atoms with Crippen LogP contribution in [0.15, 0.2) is 170 Å². The van der Waals surface area contributed by atoms with Crippen LogP contribution in [0.5, 0.6) is 0 Å². The first-order valence-electron chi connectivity index (χ1n) is 24.4. The molecule has 74 heavy (non-hydrogen) atoms. The van der Waals surface area contributed by atoms with Gasteiger partial charge in [0.1, 0.15) is 12.1 Å². The molecule has 6 rings (SSSR count). The van der Waals surface area contributed by atoms with Crippen LogP contribution in [-0.4, -0.2) is 60.2 Å². The van der Waals surface area contributed by atoms with Crippen LogP contribution in [0, 0.1) is 11.8 Å². The van der Waals surface area contributed by atoms with E-state index in [0.29, 0.717) is 49.4 Å². The molecule has 0 radical (unpaired) electrons. The number of amides is 2. The van der Waals surface area contributed by atoms with E-state index in [1.807, 2.05) is 173 Å². The monoisotopic (exact) mass is 1020 g/mol. The van der Waals surface area contributed by atoms with Gasteiger partial charge < -0.3 is 29.6 Å². The molecule has 2 amide bonds. The smallest absolute Gasteiger partial charge is 0.548 e. The molecule has 0 aliphatic rings. The Kier molecular flexibility index (Phi) is 27.2. The summed E-state index contributed by atoms with van der Waals surface area (Å²) in [5, 5.41) is 29.7. The molecule has 0 spiro atoms. The Morgan fingerprint density at radius 3 is 0.973 bits per heavy atom. The molecule has 2 N–H and O–H groups in total. The van der Waals surface area contributed by atoms with Crippen LogP contribution in [-0.2, 0) is 41.1 Å². The topological polar surface area (TPSA) is 179 Å². The number of hydrogen-bond donors (Lipinski definition) is 2. The largest absolute Gasteiger partial charge is 1.00 e. The molecule has 6 aromatic carbocycles.